The number of ketones is 1. The van der Waals surface area contributed by atoms with E-state index in [-0.39, 0.29) is 22.7 Å². The van der Waals surface area contributed by atoms with Crippen LogP contribution in [0.5, 0.6) is 5.75 Å². The van der Waals surface area contributed by atoms with E-state index in [1.165, 1.54) is 19.9 Å². The molecule has 1 atom stereocenters. The van der Waals surface area contributed by atoms with Crippen LogP contribution in [0.4, 0.5) is 0 Å². The monoisotopic (exact) mass is 312 g/mol. The van der Waals surface area contributed by atoms with Crippen LogP contribution in [0.2, 0.25) is 0 Å². The average Bonchev–Trinajstić information content (AvgIpc) is 2.54. The lowest BCUT2D eigenvalue weighted by atomic mass is 9.94. The van der Waals surface area contributed by atoms with Gasteiger partial charge in [0.2, 0.25) is 0 Å². The van der Waals surface area contributed by atoms with E-state index in [2.05, 4.69) is 0 Å². The Morgan fingerprint density at radius 3 is 2.22 bits per heavy atom. The zero-order valence-electron chi connectivity index (χ0n) is 12.8. The standard InChI is InChI=1S/C18H16O5/c1-11(18(21)22)14-9-6-10-15(17(14)23-12(2)19)16(20)13-7-4-3-5-8-13/h3-11H,1-2H3,(H,21,22). The first-order valence-corrected chi connectivity index (χ1v) is 7.05. The summed E-state index contributed by atoms with van der Waals surface area (Å²) in [7, 11) is 0. The summed E-state index contributed by atoms with van der Waals surface area (Å²) in [6, 6.07) is 13.2. The first-order valence-electron chi connectivity index (χ1n) is 7.05. The number of para-hydroxylation sites is 1. The molecule has 0 aliphatic rings. The van der Waals surface area contributed by atoms with E-state index >= 15 is 0 Å². The maximum atomic E-state index is 12.7. The van der Waals surface area contributed by atoms with Crippen LogP contribution < -0.4 is 4.74 Å². The van der Waals surface area contributed by atoms with Gasteiger partial charge in [-0.05, 0) is 13.0 Å². The van der Waals surface area contributed by atoms with Crippen molar-refractivity contribution < 1.29 is 24.2 Å². The van der Waals surface area contributed by atoms with Crippen LogP contribution >= 0.6 is 0 Å². The van der Waals surface area contributed by atoms with Gasteiger partial charge < -0.3 is 9.84 Å². The highest BCUT2D eigenvalue weighted by atomic mass is 16.5. The summed E-state index contributed by atoms with van der Waals surface area (Å²) in [5.41, 5.74) is 0.882. The van der Waals surface area contributed by atoms with Crippen molar-refractivity contribution in [2.75, 3.05) is 0 Å². The van der Waals surface area contributed by atoms with Crippen LogP contribution in [0.15, 0.2) is 48.5 Å². The number of carbonyl (C=O) groups excluding carboxylic acids is 2. The molecule has 1 unspecified atom stereocenters. The summed E-state index contributed by atoms with van der Waals surface area (Å²) in [6.07, 6.45) is 0. The van der Waals surface area contributed by atoms with Crippen LogP contribution in [-0.2, 0) is 9.59 Å². The number of carbonyl (C=O) groups is 3. The van der Waals surface area contributed by atoms with E-state index in [1.807, 2.05) is 0 Å². The van der Waals surface area contributed by atoms with Gasteiger partial charge in [-0.1, -0.05) is 42.5 Å². The lowest BCUT2D eigenvalue weighted by Gasteiger charge is -2.16. The van der Waals surface area contributed by atoms with E-state index in [0.717, 1.165) is 0 Å². The summed E-state index contributed by atoms with van der Waals surface area (Å²) in [5.74, 6) is -2.92. The Hall–Kier alpha value is -2.95. The molecule has 0 fully saturated rings. The third-order valence-electron chi connectivity index (χ3n) is 3.41. The van der Waals surface area contributed by atoms with Crippen LogP contribution in [0.1, 0.15) is 41.3 Å². The zero-order chi connectivity index (χ0) is 17.0. The molecule has 2 rings (SSSR count). The molecule has 23 heavy (non-hydrogen) atoms. The van der Waals surface area contributed by atoms with Crippen molar-refractivity contribution in [3.8, 4) is 5.75 Å². The van der Waals surface area contributed by atoms with Crippen LogP contribution in [-0.4, -0.2) is 22.8 Å². The Morgan fingerprint density at radius 2 is 1.65 bits per heavy atom. The molecule has 1 N–H and O–H groups in total. The Bertz CT molecular complexity index is 749. The van der Waals surface area contributed by atoms with Gasteiger partial charge in [-0.15, -0.1) is 0 Å². The van der Waals surface area contributed by atoms with Gasteiger partial charge >= 0.3 is 11.9 Å². The molecule has 0 aliphatic carbocycles. The molecule has 5 nitrogen and oxygen atoms in total. The molecule has 0 heterocycles. The summed E-state index contributed by atoms with van der Waals surface area (Å²) in [5, 5.41) is 9.22. The average molecular weight is 312 g/mol. The third-order valence-corrected chi connectivity index (χ3v) is 3.41. The number of carboxylic acid groups (broad SMARTS) is 1. The number of aliphatic carboxylic acids is 1. The van der Waals surface area contributed by atoms with Crippen molar-refractivity contribution >= 4 is 17.7 Å². The molecule has 0 spiro atoms. The van der Waals surface area contributed by atoms with Gasteiger partial charge in [0.25, 0.3) is 0 Å². The van der Waals surface area contributed by atoms with E-state index in [0.29, 0.717) is 5.56 Å². The smallest absolute Gasteiger partial charge is 0.310 e. The Labute approximate surface area is 133 Å². The molecule has 5 heteroatoms. The lowest BCUT2D eigenvalue weighted by molar-refractivity contribution is -0.138. The molecule has 2 aromatic carbocycles. The molecular weight excluding hydrogens is 296 g/mol. The summed E-state index contributed by atoms with van der Waals surface area (Å²) in [6.45, 7) is 2.68. The third kappa shape index (κ3) is 3.63. The van der Waals surface area contributed by atoms with E-state index in [4.69, 9.17) is 4.74 Å². The minimum absolute atomic E-state index is 0.00348. The van der Waals surface area contributed by atoms with Gasteiger partial charge in [-0.25, -0.2) is 0 Å². The second-order valence-electron chi connectivity index (χ2n) is 5.07. The van der Waals surface area contributed by atoms with Gasteiger partial charge in [0.15, 0.2) is 5.78 Å². The molecule has 0 saturated heterocycles. The van der Waals surface area contributed by atoms with E-state index in [1.54, 1.807) is 42.5 Å². The number of esters is 1. The first kappa shape index (κ1) is 16.4. The predicted octanol–water partition coefficient (Wildman–Crippen LogP) is 3.03. The lowest BCUT2D eigenvalue weighted by Crippen LogP contribution is -2.15. The highest BCUT2D eigenvalue weighted by Crippen LogP contribution is 2.32. The Morgan fingerprint density at radius 1 is 1.00 bits per heavy atom. The quantitative estimate of drug-likeness (QED) is 0.521. The molecular formula is C18H16O5. The molecule has 0 amide bonds. The number of carboxylic acids is 1. The first-order chi connectivity index (χ1) is 10.9. The maximum absolute atomic E-state index is 12.7. The van der Waals surface area contributed by atoms with Crippen LogP contribution in [0, 0.1) is 0 Å². The van der Waals surface area contributed by atoms with Crippen molar-refractivity contribution in [1.29, 1.82) is 0 Å². The predicted molar refractivity (Wildman–Crippen MR) is 83.7 cm³/mol. The highest BCUT2D eigenvalue weighted by molar-refractivity contribution is 6.11. The van der Waals surface area contributed by atoms with Crippen LogP contribution in [0.3, 0.4) is 0 Å². The Kier molecular flexibility index (Phi) is 4.91. The SMILES string of the molecule is CC(=O)Oc1c(C(=O)c2ccccc2)cccc1C(C)C(=O)O. The fourth-order valence-electron chi connectivity index (χ4n) is 2.21. The van der Waals surface area contributed by atoms with Crippen molar-refractivity contribution in [2.24, 2.45) is 0 Å². The second-order valence-corrected chi connectivity index (χ2v) is 5.07. The van der Waals surface area contributed by atoms with E-state index in [9.17, 15) is 19.5 Å². The van der Waals surface area contributed by atoms with Gasteiger partial charge in [0, 0.05) is 18.1 Å². The number of benzene rings is 2. The number of ether oxygens (including phenoxy) is 1. The summed E-state index contributed by atoms with van der Waals surface area (Å²) >= 11 is 0. The molecule has 118 valence electrons. The van der Waals surface area contributed by atoms with Gasteiger partial charge in [-0.3, -0.25) is 14.4 Å². The normalized spacial score (nSPS) is 11.6. The fourth-order valence-corrected chi connectivity index (χ4v) is 2.21. The second kappa shape index (κ2) is 6.87. The number of hydrogen-bond acceptors (Lipinski definition) is 4. The van der Waals surface area contributed by atoms with Crippen molar-refractivity contribution in [1.82, 2.24) is 0 Å². The molecule has 0 saturated carbocycles. The van der Waals surface area contributed by atoms with Gasteiger partial charge in [0.1, 0.15) is 5.75 Å². The Balaban J connectivity index is 2.59. The fraction of sp³-hybridized carbons (Fsp3) is 0.167. The minimum atomic E-state index is -1.07. The summed E-state index contributed by atoms with van der Waals surface area (Å²) in [4.78, 5) is 35.3. The number of rotatable bonds is 5. The maximum Gasteiger partial charge on any atom is 0.310 e. The molecule has 0 aliphatic heterocycles. The zero-order valence-corrected chi connectivity index (χ0v) is 12.8. The highest BCUT2D eigenvalue weighted by Gasteiger charge is 2.24. The van der Waals surface area contributed by atoms with Crippen molar-refractivity contribution in [3.63, 3.8) is 0 Å². The minimum Gasteiger partial charge on any atom is -0.481 e. The largest absolute Gasteiger partial charge is 0.481 e. The molecule has 0 bridgehead atoms. The van der Waals surface area contributed by atoms with Crippen molar-refractivity contribution in [2.45, 2.75) is 19.8 Å². The van der Waals surface area contributed by atoms with Gasteiger partial charge in [-0.2, -0.15) is 0 Å². The van der Waals surface area contributed by atoms with E-state index < -0.39 is 17.9 Å². The molecule has 0 radical (unpaired) electrons. The summed E-state index contributed by atoms with van der Waals surface area (Å²) < 4.78 is 5.17. The topological polar surface area (TPSA) is 80.7 Å². The van der Waals surface area contributed by atoms with Crippen molar-refractivity contribution in [3.05, 3.63) is 65.2 Å². The molecule has 2 aromatic rings. The molecule has 0 aromatic heterocycles. The number of hydrogen-bond donors (Lipinski definition) is 1. The van der Waals surface area contributed by atoms with Crippen LogP contribution in [0.25, 0.3) is 0 Å². The van der Waals surface area contributed by atoms with Gasteiger partial charge in [0.05, 0.1) is 11.5 Å².